The molecule has 0 spiro atoms. The molecule has 1 heterocycles. The minimum absolute atomic E-state index is 0.00501. The zero-order valence-electron chi connectivity index (χ0n) is 12.4. The highest BCUT2D eigenvalue weighted by Gasteiger charge is 2.09. The molecule has 24 heavy (non-hydrogen) atoms. The third-order valence-corrected chi connectivity index (χ3v) is 3.29. The van der Waals surface area contributed by atoms with Crippen LogP contribution in [-0.2, 0) is 0 Å². The Balaban J connectivity index is 1.81. The van der Waals surface area contributed by atoms with Crippen LogP contribution < -0.4 is 5.32 Å². The van der Waals surface area contributed by atoms with E-state index < -0.39 is 4.92 Å². The number of benzene rings is 2. The average molecular weight is 320 g/mol. The molecule has 3 aromatic rings. The molecule has 7 nitrogen and oxygen atoms in total. The lowest BCUT2D eigenvalue weighted by molar-refractivity contribution is -0.384. The van der Waals surface area contributed by atoms with Crippen molar-refractivity contribution < 1.29 is 9.72 Å². The van der Waals surface area contributed by atoms with E-state index in [1.807, 2.05) is 6.07 Å². The van der Waals surface area contributed by atoms with E-state index in [-0.39, 0.29) is 17.5 Å². The number of hydrogen-bond donors (Lipinski definition) is 1. The third kappa shape index (κ3) is 3.41. The van der Waals surface area contributed by atoms with Gasteiger partial charge < -0.3 is 0 Å². The lowest BCUT2D eigenvalue weighted by Gasteiger charge is -2.06. The number of nitrogens with zero attached hydrogens (tertiary/aromatic N) is 3. The number of aromatic nitrogens is 2. The number of anilines is 1. The SMILES string of the molecule is O=C(Nc1nccc(-c2ccc([N+](=O)[O-])cc2)n1)c1ccccc1. The van der Waals surface area contributed by atoms with Gasteiger partial charge in [0.2, 0.25) is 5.95 Å². The van der Waals surface area contributed by atoms with Crippen LogP contribution in [0.4, 0.5) is 11.6 Å². The van der Waals surface area contributed by atoms with Crippen LogP contribution in [0.1, 0.15) is 10.4 Å². The van der Waals surface area contributed by atoms with Gasteiger partial charge in [-0.1, -0.05) is 18.2 Å². The first-order valence-corrected chi connectivity index (χ1v) is 7.08. The molecule has 1 N–H and O–H groups in total. The minimum atomic E-state index is -0.463. The summed E-state index contributed by atoms with van der Waals surface area (Å²) in [7, 11) is 0. The zero-order valence-corrected chi connectivity index (χ0v) is 12.4. The van der Waals surface area contributed by atoms with Crippen LogP contribution in [0, 0.1) is 10.1 Å². The van der Waals surface area contributed by atoms with Gasteiger partial charge in [0.1, 0.15) is 0 Å². The fourth-order valence-corrected chi connectivity index (χ4v) is 2.10. The molecule has 3 rings (SSSR count). The van der Waals surface area contributed by atoms with E-state index in [1.54, 1.807) is 42.5 Å². The van der Waals surface area contributed by atoms with Crippen molar-refractivity contribution in [2.75, 3.05) is 5.32 Å². The summed E-state index contributed by atoms with van der Waals surface area (Å²) in [6.45, 7) is 0. The van der Waals surface area contributed by atoms with Crippen molar-refractivity contribution in [2.45, 2.75) is 0 Å². The van der Waals surface area contributed by atoms with Crippen molar-refractivity contribution in [1.29, 1.82) is 0 Å². The molecule has 0 atom stereocenters. The zero-order chi connectivity index (χ0) is 16.9. The van der Waals surface area contributed by atoms with Crippen LogP contribution in [-0.4, -0.2) is 20.8 Å². The van der Waals surface area contributed by atoms with Crippen LogP contribution in [0.3, 0.4) is 0 Å². The molecule has 1 aromatic heterocycles. The summed E-state index contributed by atoms with van der Waals surface area (Å²) in [4.78, 5) is 30.6. The first kappa shape index (κ1) is 15.3. The van der Waals surface area contributed by atoms with Crippen LogP contribution in [0.5, 0.6) is 0 Å². The molecule has 0 aliphatic rings. The smallest absolute Gasteiger partial charge is 0.269 e. The van der Waals surface area contributed by atoms with Gasteiger partial charge in [-0.05, 0) is 30.3 Å². The van der Waals surface area contributed by atoms with Crippen molar-refractivity contribution >= 4 is 17.5 Å². The van der Waals surface area contributed by atoms with Crippen molar-refractivity contribution in [3.63, 3.8) is 0 Å². The maximum atomic E-state index is 12.1. The number of nitro benzene ring substituents is 1. The third-order valence-electron chi connectivity index (χ3n) is 3.29. The highest BCUT2D eigenvalue weighted by atomic mass is 16.6. The maximum Gasteiger partial charge on any atom is 0.269 e. The number of carbonyl (C=O) groups excluding carboxylic acids is 1. The summed E-state index contributed by atoms with van der Waals surface area (Å²) in [6.07, 6.45) is 1.52. The Kier molecular flexibility index (Phi) is 4.24. The predicted molar refractivity (Wildman–Crippen MR) is 88.5 cm³/mol. The molecule has 7 heteroatoms. The second-order valence-corrected chi connectivity index (χ2v) is 4.89. The van der Waals surface area contributed by atoms with Crippen molar-refractivity contribution in [1.82, 2.24) is 9.97 Å². The van der Waals surface area contributed by atoms with Gasteiger partial charge >= 0.3 is 0 Å². The van der Waals surface area contributed by atoms with Gasteiger partial charge in [0.15, 0.2) is 0 Å². The van der Waals surface area contributed by atoms with Gasteiger partial charge in [-0.2, -0.15) is 0 Å². The molecular formula is C17H12N4O3. The summed E-state index contributed by atoms with van der Waals surface area (Å²) in [6, 6.07) is 16.4. The van der Waals surface area contributed by atoms with Gasteiger partial charge in [0, 0.05) is 29.5 Å². The quantitative estimate of drug-likeness (QED) is 0.587. The Hall–Kier alpha value is -3.61. The van der Waals surface area contributed by atoms with Gasteiger partial charge in [0.05, 0.1) is 10.6 Å². The topological polar surface area (TPSA) is 98.0 Å². The first-order chi connectivity index (χ1) is 11.6. The number of nitro groups is 1. The molecule has 0 fully saturated rings. The Morgan fingerprint density at radius 3 is 2.38 bits per heavy atom. The monoisotopic (exact) mass is 320 g/mol. The second kappa shape index (κ2) is 6.66. The molecular weight excluding hydrogens is 308 g/mol. The summed E-state index contributed by atoms with van der Waals surface area (Å²) in [5.41, 5.74) is 1.76. The standard InChI is InChI=1S/C17H12N4O3/c22-16(13-4-2-1-3-5-13)20-17-18-11-10-15(19-17)12-6-8-14(9-7-12)21(23)24/h1-11H,(H,18,19,20,22). The number of amides is 1. The Labute approximate surface area is 137 Å². The van der Waals surface area contributed by atoms with Crippen LogP contribution in [0.15, 0.2) is 66.9 Å². The van der Waals surface area contributed by atoms with E-state index in [4.69, 9.17) is 0 Å². The lowest BCUT2D eigenvalue weighted by atomic mass is 10.1. The van der Waals surface area contributed by atoms with E-state index in [0.29, 0.717) is 16.8 Å². The lowest BCUT2D eigenvalue weighted by Crippen LogP contribution is -2.14. The normalized spacial score (nSPS) is 10.2. The fraction of sp³-hybridized carbons (Fsp3) is 0. The maximum absolute atomic E-state index is 12.1. The Bertz CT molecular complexity index is 880. The van der Waals surface area contributed by atoms with Crippen molar-refractivity contribution in [3.05, 3.63) is 82.5 Å². The molecule has 0 aliphatic carbocycles. The molecule has 0 saturated heterocycles. The van der Waals surface area contributed by atoms with E-state index >= 15 is 0 Å². The number of rotatable bonds is 4. The van der Waals surface area contributed by atoms with E-state index in [0.717, 1.165) is 0 Å². The highest BCUT2D eigenvalue weighted by molar-refractivity contribution is 6.03. The van der Waals surface area contributed by atoms with Crippen molar-refractivity contribution in [3.8, 4) is 11.3 Å². The van der Waals surface area contributed by atoms with Gasteiger partial charge in [-0.15, -0.1) is 0 Å². The molecule has 0 bridgehead atoms. The molecule has 0 unspecified atom stereocenters. The molecule has 118 valence electrons. The summed E-state index contributed by atoms with van der Waals surface area (Å²) >= 11 is 0. The van der Waals surface area contributed by atoms with Crippen LogP contribution >= 0.6 is 0 Å². The number of hydrogen-bond acceptors (Lipinski definition) is 5. The van der Waals surface area contributed by atoms with Gasteiger partial charge in [0.25, 0.3) is 11.6 Å². The van der Waals surface area contributed by atoms with Crippen LogP contribution in [0.25, 0.3) is 11.3 Å². The first-order valence-electron chi connectivity index (χ1n) is 7.08. The summed E-state index contributed by atoms with van der Waals surface area (Å²) < 4.78 is 0. The minimum Gasteiger partial charge on any atom is -0.290 e. The summed E-state index contributed by atoms with van der Waals surface area (Å²) in [5.74, 6) is -0.142. The highest BCUT2D eigenvalue weighted by Crippen LogP contribution is 2.21. The van der Waals surface area contributed by atoms with E-state index in [2.05, 4.69) is 15.3 Å². The molecule has 0 aliphatic heterocycles. The molecule has 1 amide bonds. The van der Waals surface area contributed by atoms with Gasteiger partial charge in [-0.3, -0.25) is 20.2 Å². The number of carbonyl (C=O) groups is 1. The molecule has 2 aromatic carbocycles. The van der Waals surface area contributed by atoms with Crippen LogP contribution in [0.2, 0.25) is 0 Å². The fourth-order valence-electron chi connectivity index (χ4n) is 2.10. The largest absolute Gasteiger partial charge is 0.290 e. The van der Waals surface area contributed by atoms with Gasteiger partial charge in [-0.25, -0.2) is 9.97 Å². The predicted octanol–water partition coefficient (Wildman–Crippen LogP) is 3.30. The van der Waals surface area contributed by atoms with E-state index in [9.17, 15) is 14.9 Å². The van der Waals surface area contributed by atoms with Crippen molar-refractivity contribution in [2.24, 2.45) is 0 Å². The Morgan fingerprint density at radius 1 is 1.00 bits per heavy atom. The number of nitrogens with one attached hydrogen (secondary N) is 1. The number of non-ortho nitro benzene ring substituents is 1. The molecule has 0 saturated carbocycles. The average Bonchev–Trinajstić information content (AvgIpc) is 2.63. The Morgan fingerprint density at radius 2 is 1.71 bits per heavy atom. The second-order valence-electron chi connectivity index (χ2n) is 4.89. The van der Waals surface area contributed by atoms with E-state index in [1.165, 1.54) is 18.3 Å². The summed E-state index contributed by atoms with van der Waals surface area (Å²) in [5, 5.41) is 13.3. The molecule has 0 radical (unpaired) electrons.